The maximum absolute atomic E-state index is 4.28. The monoisotopic (exact) mass is 348 g/mol. The summed E-state index contributed by atoms with van der Waals surface area (Å²) in [4.78, 5) is 8.54. The van der Waals surface area contributed by atoms with Gasteiger partial charge in [0.05, 0.1) is 0 Å². The van der Waals surface area contributed by atoms with Crippen LogP contribution in [-0.2, 0) is 6.54 Å². The van der Waals surface area contributed by atoms with E-state index in [0.717, 1.165) is 35.6 Å². The van der Waals surface area contributed by atoms with Crippen LogP contribution in [0, 0.1) is 13.8 Å². The van der Waals surface area contributed by atoms with E-state index < -0.39 is 0 Å². The molecule has 23 heavy (non-hydrogen) atoms. The molecule has 1 heterocycles. The summed E-state index contributed by atoms with van der Waals surface area (Å²) in [6.45, 7) is 5.97. The maximum Gasteiger partial charge on any atom is 0.191 e. The van der Waals surface area contributed by atoms with Crippen molar-refractivity contribution in [2.24, 2.45) is 4.99 Å². The molecule has 124 valence electrons. The van der Waals surface area contributed by atoms with E-state index >= 15 is 0 Å². The normalized spacial score (nSPS) is 11.5. The molecule has 0 fully saturated rings. The third-order valence-corrected chi connectivity index (χ3v) is 5.47. The minimum atomic E-state index is 0.791. The smallest absolute Gasteiger partial charge is 0.191 e. The molecular formula is C17H24N4S2. The minimum absolute atomic E-state index is 0.791. The van der Waals surface area contributed by atoms with E-state index in [2.05, 4.69) is 52.7 Å². The molecule has 0 radical (unpaired) electrons. The second-order valence-electron chi connectivity index (χ2n) is 5.28. The molecule has 0 aliphatic heterocycles. The summed E-state index contributed by atoms with van der Waals surface area (Å²) in [6.07, 6.45) is 2.93. The number of rotatable bonds is 7. The summed E-state index contributed by atoms with van der Waals surface area (Å²) in [5, 5.41) is 8.74. The summed E-state index contributed by atoms with van der Waals surface area (Å²) < 4.78 is 1.14. The van der Waals surface area contributed by atoms with Crippen molar-refractivity contribution in [1.82, 2.24) is 15.6 Å². The van der Waals surface area contributed by atoms with Gasteiger partial charge in [0.1, 0.15) is 4.34 Å². The Morgan fingerprint density at radius 2 is 2.17 bits per heavy atom. The van der Waals surface area contributed by atoms with Crippen molar-refractivity contribution in [3.63, 3.8) is 0 Å². The van der Waals surface area contributed by atoms with Gasteiger partial charge in [0.25, 0.3) is 0 Å². The topological polar surface area (TPSA) is 49.3 Å². The number of nitrogens with zero attached hydrogens (tertiary/aromatic N) is 2. The lowest BCUT2D eigenvalue weighted by Gasteiger charge is -2.13. The molecule has 0 atom stereocenters. The van der Waals surface area contributed by atoms with Gasteiger partial charge in [0.2, 0.25) is 0 Å². The predicted molar refractivity (Wildman–Crippen MR) is 102 cm³/mol. The fourth-order valence-corrected chi connectivity index (χ4v) is 3.81. The Morgan fingerprint density at radius 1 is 1.30 bits per heavy atom. The predicted octanol–water partition coefficient (Wildman–Crippen LogP) is 3.61. The third kappa shape index (κ3) is 6.23. The Bertz CT molecular complexity index is 624. The first kappa shape index (κ1) is 17.8. The zero-order valence-electron chi connectivity index (χ0n) is 13.9. The van der Waals surface area contributed by atoms with Gasteiger partial charge >= 0.3 is 0 Å². The molecule has 0 spiro atoms. The van der Waals surface area contributed by atoms with Crippen LogP contribution in [0.3, 0.4) is 0 Å². The zero-order chi connectivity index (χ0) is 16.5. The van der Waals surface area contributed by atoms with Gasteiger partial charge < -0.3 is 10.6 Å². The van der Waals surface area contributed by atoms with Gasteiger partial charge in [-0.05, 0) is 31.4 Å². The lowest BCUT2D eigenvalue weighted by molar-refractivity contribution is 0.783. The SMILES string of the molecule is CN=C(NCCCSc1nccs1)NCc1ccc(C)cc1C. The van der Waals surface area contributed by atoms with E-state index in [1.807, 2.05) is 18.6 Å². The molecule has 1 aromatic heterocycles. The highest BCUT2D eigenvalue weighted by Gasteiger charge is 2.02. The van der Waals surface area contributed by atoms with Crippen molar-refractivity contribution in [3.05, 3.63) is 46.5 Å². The Balaban J connectivity index is 1.67. The highest BCUT2D eigenvalue weighted by atomic mass is 32.2. The number of thioether (sulfide) groups is 1. The highest BCUT2D eigenvalue weighted by molar-refractivity contribution is 8.00. The van der Waals surface area contributed by atoms with Crippen LogP contribution in [0.4, 0.5) is 0 Å². The minimum Gasteiger partial charge on any atom is -0.356 e. The van der Waals surface area contributed by atoms with E-state index in [1.54, 1.807) is 23.1 Å². The van der Waals surface area contributed by atoms with Gasteiger partial charge in [0.15, 0.2) is 5.96 Å². The zero-order valence-corrected chi connectivity index (χ0v) is 15.6. The van der Waals surface area contributed by atoms with Crippen LogP contribution in [0.2, 0.25) is 0 Å². The number of aliphatic imine (C=N–C) groups is 1. The molecule has 2 N–H and O–H groups in total. The van der Waals surface area contributed by atoms with Gasteiger partial charge in [-0.1, -0.05) is 35.5 Å². The van der Waals surface area contributed by atoms with Crippen molar-refractivity contribution < 1.29 is 0 Å². The first-order valence-corrected chi connectivity index (χ1v) is 9.58. The Labute approximate surface area is 146 Å². The van der Waals surface area contributed by atoms with Crippen LogP contribution in [0.25, 0.3) is 0 Å². The first-order chi connectivity index (χ1) is 11.2. The van der Waals surface area contributed by atoms with Crippen LogP contribution >= 0.6 is 23.1 Å². The van der Waals surface area contributed by atoms with Crippen molar-refractivity contribution in [2.75, 3.05) is 19.3 Å². The first-order valence-electron chi connectivity index (χ1n) is 7.72. The molecule has 0 aliphatic carbocycles. The molecule has 0 amide bonds. The lowest BCUT2D eigenvalue weighted by Crippen LogP contribution is -2.37. The Morgan fingerprint density at radius 3 is 2.87 bits per heavy atom. The number of benzene rings is 1. The van der Waals surface area contributed by atoms with Crippen LogP contribution in [0.1, 0.15) is 23.1 Å². The molecular weight excluding hydrogens is 324 g/mol. The molecule has 4 nitrogen and oxygen atoms in total. The number of nitrogens with one attached hydrogen (secondary N) is 2. The van der Waals surface area contributed by atoms with Crippen molar-refractivity contribution in [3.8, 4) is 0 Å². The van der Waals surface area contributed by atoms with Crippen molar-refractivity contribution in [2.45, 2.75) is 31.2 Å². The molecule has 2 rings (SSSR count). The number of aromatic nitrogens is 1. The maximum atomic E-state index is 4.28. The second kappa shape index (κ2) is 9.57. The lowest BCUT2D eigenvalue weighted by atomic mass is 10.1. The molecule has 2 aromatic rings. The Kier molecular flexibility index (Phi) is 7.42. The van der Waals surface area contributed by atoms with Crippen molar-refractivity contribution in [1.29, 1.82) is 0 Å². The quantitative estimate of drug-likeness (QED) is 0.347. The van der Waals surface area contributed by atoms with Gasteiger partial charge in [-0.25, -0.2) is 4.98 Å². The van der Waals surface area contributed by atoms with Gasteiger partial charge in [-0.15, -0.1) is 11.3 Å². The van der Waals surface area contributed by atoms with E-state index in [9.17, 15) is 0 Å². The number of hydrogen-bond donors (Lipinski definition) is 2. The van der Waals surface area contributed by atoms with Crippen LogP contribution < -0.4 is 10.6 Å². The number of aryl methyl sites for hydroxylation is 2. The summed E-state index contributed by atoms with van der Waals surface area (Å²) in [7, 11) is 1.81. The third-order valence-electron chi connectivity index (χ3n) is 3.42. The molecule has 0 saturated carbocycles. The molecule has 0 aliphatic rings. The average molecular weight is 349 g/mol. The fourth-order valence-electron chi connectivity index (χ4n) is 2.16. The van der Waals surface area contributed by atoms with E-state index in [1.165, 1.54) is 16.7 Å². The molecule has 0 unspecified atom stereocenters. The van der Waals surface area contributed by atoms with Crippen LogP contribution in [-0.4, -0.2) is 30.3 Å². The van der Waals surface area contributed by atoms with Gasteiger partial charge in [0, 0.05) is 37.5 Å². The number of thiazole rings is 1. The standard InChI is InChI=1S/C17H24N4S2/c1-13-5-6-15(14(2)11-13)12-21-16(18-3)19-7-4-9-22-17-20-8-10-23-17/h5-6,8,10-11H,4,7,9,12H2,1-3H3,(H2,18,19,21). The molecule has 6 heteroatoms. The number of guanidine groups is 1. The molecule has 0 bridgehead atoms. The van der Waals surface area contributed by atoms with Crippen LogP contribution in [0.15, 0.2) is 39.1 Å². The Hall–Kier alpha value is -1.53. The summed E-state index contributed by atoms with van der Waals surface area (Å²) in [6, 6.07) is 6.54. The summed E-state index contributed by atoms with van der Waals surface area (Å²) in [5.74, 6) is 1.92. The second-order valence-corrected chi connectivity index (χ2v) is 7.52. The largest absolute Gasteiger partial charge is 0.356 e. The molecule has 0 saturated heterocycles. The van der Waals surface area contributed by atoms with Gasteiger partial charge in [-0.3, -0.25) is 4.99 Å². The van der Waals surface area contributed by atoms with E-state index in [4.69, 9.17) is 0 Å². The fraction of sp³-hybridized carbons (Fsp3) is 0.412. The highest BCUT2D eigenvalue weighted by Crippen LogP contribution is 2.20. The molecule has 1 aromatic carbocycles. The van der Waals surface area contributed by atoms with E-state index in [-0.39, 0.29) is 0 Å². The number of hydrogen-bond acceptors (Lipinski definition) is 4. The van der Waals surface area contributed by atoms with Crippen LogP contribution in [0.5, 0.6) is 0 Å². The summed E-state index contributed by atoms with van der Waals surface area (Å²) >= 11 is 3.50. The van der Waals surface area contributed by atoms with Crippen molar-refractivity contribution >= 4 is 29.1 Å². The van der Waals surface area contributed by atoms with Gasteiger partial charge in [-0.2, -0.15) is 0 Å². The van der Waals surface area contributed by atoms with E-state index in [0.29, 0.717) is 0 Å². The summed E-state index contributed by atoms with van der Waals surface area (Å²) in [5.41, 5.74) is 3.91. The average Bonchev–Trinajstić information content (AvgIpc) is 3.05.